The van der Waals surface area contributed by atoms with Crippen molar-refractivity contribution in [2.75, 3.05) is 27.2 Å². The predicted molar refractivity (Wildman–Crippen MR) is 117 cm³/mol. The van der Waals surface area contributed by atoms with Crippen LogP contribution in [0.3, 0.4) is 0 Å². The van der Waals surface area contributed by atoms with Gasteiger partial charge in [-0.25, -0.2) is 4.39 Å². The van der Waals surface area contributed by atoms with Crippen LogP contribution < -0.4 is 0 Å². The van der Waals surface area contributed by atoms with E-state index in [1.807, 2.05) is 12.1 Å². The molecule has 1 aliphatic heterocycles. The molecule has 4 rings (SSSR count). The first-order chi connectivity index (χ1) is 13.5. The molecule has 0 amide bonds. The van der Waals surface area contributed by atoms with Gasteiger partial charge in [0.2, 0.25) is 0 Å². The van der Waals surface area contributed by atoms with Gasteiger partial charge >= 0.3 is 0 Å². The molecule has 0 saturated heterocycles. The maximum absolute atomic E-state index is 14.2. The average molecular weight is 434 g/mol. The summed E-state index contributed by atoms with van der Waals surface area (Å²) in [6.07, 6.45) is 1.00. The van der Waals surface area contributed by atoms with Crippen molar-refractivity contribution in [2.24, 2.45) is 0 Å². The molecule has 146 valence electrons. The molecule has 28 heavy (non-hydrogen) atoms. The zero-order valence-electron chi connectivity index (χ0n) is 15.8. The van der Waals surface area contributed by atoms with Gasteiger partial charge in [-0.3, -0.25) is 0 Å². The Hall–Kier alpha value is -1.37. The summed E-state index contributed by atoms with van der Waals surface area (Å²) < 4.78 is 20.0. The number of hydrogen-bond donors (Lipinski definition) is 0. The maximum Gasteiger partial charge on any atom is 0.125 e. The predicted octanol–water partition coefficient (Wildman–Crippen LogP) is 6.81. The summed E-state index contributed by atoms with van der Waals surface area (Å²) in [5.41, 5.74) is 3.15. The molecule has 0 fully saturated rings. The van der Waals surface area contributed by atoms with Gasteiger partial charge in [-0.1, -0.05) is 41.6 Å². The Kier molecular flexibility index (Phi) is 6.09. The Balaban J connectivity index is 1.69. The van der Waals surface area contributed by atoms with Crippen molar-refractivity contribution >= 4 is 34.7 Å². The number of hydrogen-bond acceptors (Lipinski definition) is 4. The van der Waals surface area contributed by atoms with Crippen molar-refractivity contribution in [1.82, 2.24) is 4.90 Å². The molecule has 0 N–H and O–H groups in total. The maximum atomic E-state index is 14.2. The summed E-state index contributed by atoms with van der Waals surface area (Å²) in [4.78, 5) is 6.39. The summed E-state index contributed by atoms with van der Waals surface area (Å²) in [6.45, 7) is 2.31. The summed E-state index contributed by atoms with van der Waals surface area (Å²) in [6, 6.07) is 13.4. The molecule has 2 heterocycles. The molecule has 0 bridgehead atoms. The van der Waals surface area contributed by atoms with E-state index in [2.05, 4.69) is 37.2 Å². The number of fused-ring (bicyclic) bond motifs is 5. The number of thiophene rings is 1. The van der Waals surface area contributed by atoms with Gasteiger partial charge in [0.05, 0.1) is 11.6 Å². The Morgan fingerprint density at radius 1 is 1.07 bits per heavy atom. The van der Waals surface area contributed by atoms with Crippen LogP contribution in [0.4, 0.5) is 4.39 Å². The minimum atomic E-state index is -0.309. The van der Waals surface area contributed by atoms with Crippen LogP contribution in [-0.4, -0.2) is 32.1 Å². The minimum absolute atomic E-state index is 0.309. The van der Waals surface area contributed by atoms with Crippen LogP contribution >= 0.6 is 34.7 Å². The third-order valence-electron chi connectivity index (χ3n) is 4.56. The van der Waals surface area contributed by atoms with Crippen LogP contribution in [0.5, 0.6) is 0 Å². The molecular formula is C22H21ClFNOS2. The minimum Gasteiger partial charge on any atom is -0.376 e. The molecule has 0 aliphatic carbocycles. The van der Waals surface area contributed by atoms with Crippen LogP contribution in [-0.2, 0) is 11.3 Å². The monoisotopic (exact) mass is 433 g/mol. The van der Waals surface area contributed by atoms with E-state index in [1.165, 1.54) is 6.07 Å². The van der Waals surface area contributed by atoms with Gasteiger partial charge in [-0.15, -0.1) is 11.3 Å². The van der Waals surface area contributed by atoms with Crippen molar-refractivity contribution in [2.45, 2.75) is 22.8 Å². The first-order valence-corrected chi connectivity index (χ1v) is 11.2. The number of rotatable bonds is 6. The zero-order valence-corrected chi connectivity index (χ0v) is 18.2. The van der Waals surface area contributed by atoms with E-state index >= 15 is 0 Å². The average Bonchev–Trinajstić information content (AvgIpc) is 3.02. The highest BCUT2D eigenvalue weighted by molar-refractivity contribution is 7.99. The van der Waals surface area contributed by atoms with Crippen molar-refractivity contribution < 1.29 is 9.13 Å². The van der Waals surface area contributed by atoms with E-state index in [0.29, 0.717) is 11.6 Å². The highest BCUT2D eigenvalue weighted by Crippen LogP contribution is 2.53. The number of ether oxygens (including phenoxy) is 1. The Morgan fingerprint density at radius 3 is 2.71 bits per heavy atom. The normalized spacial score (nSPS) is 12.5. The van der Waals surface area contributed by atoms with E-state index in [0.717, 1.165) is 55.8 Å². The first-order valence-electron chi connectivity index (χ1n) is 9.15. The largest absolute Gasteiger partial charge is 0.376 e. The lowest BCUT2D eigenvalue weighted by molar-refractivity contribution is 0.115. The molecule has 2 nitrogen and oxygen atoms in total. The molecule has 0 spiro atoms. The van der Waals surface area contributed by atoms with E-state index in [4.69, 9.17) is 16.3 Å². The lowest BCUT2D eigenvalue weighted by Crippen LogP contribution is -2.14. The van der Waals surface area contributed by atoms with Crippen LogP contribution in [0.25, 0.3) is 21.6 Å². The highest BCUT2D eigenvalue weighted by Gasteiger charge is 2.25. The quantitative estimate of drug-likeness (QED) is 0.310. The third kappa shape index (κ3) is 4.14. The van der Waals surface area contributed by atoms with Crippen LogP contribution in [0.1, 0.15) is 11.3 Å². The molecular weight excluding hydrogens is 413 g/mol. The SMILES string of the molecule is CN(C)CCCOCc1cc2c(s1)-c1cc(F)cc(Cl)c1Sc1ccccc1-2. The second-order valence-electron chi connectivity index (χ2n) is 7.03. The van der Waals surface area contributed by atoms with Crippen molar-refractivity contribution in [3.05, 3.63) is 58.2 Å². The molecule has 1 aromatic heterocycles. The van der Waals surface area contributed by atoms with Gasteiger partial charge in [-0.2, -0.15) is 0 Å². The summed E-state index contributed by atoms with van der Waals surface area (Å²) >= 11 is 9.69. The fraction of sp³-hybridized carbons (Fsp3) is 0.273. The summed E-state index contributed by atoms with van der Waals surface area (Å²) in [5.74, 6) is -0.309. The zero-order chi connectivity index (χ0) is 19.7. The highest BCUT2D eigenvalue weighted by atomic mass is 35.5. The van der Waals surface area contributed by atoms with E-state index < -0.39 is 0 Å². The van der Waals surface area contributed by atoms with Gasteiger partial charge in [0, 0.05) is 37.3 Å². The Morgan fingerprint density at radius 2 is 1.89 bits per heavy atom. The van der Waals surface area contributed by atoms with Crippen LogP contribution in [0.15, 0.2) is 52.3 Å². The van der Waals surface area contributed by atoms with Gasteiger partial charge in [0.15, 0.2) is 0 Å². The first kappa shape index (κ1) is 19.9. The number of halogens is 2. The van der Waals surface area contributed by atoms with Crippen LogP contribution in [0.2, 0.25) is 5.02 Å². The Labute approximate surface area is 178 Å². The molecule has 1 aliphatic rings. The molecule has 6 heteroatoms. The van der Waals surface area contributed by atoms with Gasteiger partial charge in [0.25, 0.3) is 0 Å². The Bertz CT molecular complexity index is 1000. The molecule has 0 radical (unpaired) electrons. The van der Waals surface area contributed by atoms with Crippen molar-refractivity contribution in [3.63, 3.8) is 0 Å². The second kappa shape index (κ2) is 8.56. The third-order valence-corrected chi connectivity index (χ3v) is 7.34. The lowest BCUT2D eigenvalue weighted by Gasteiger charge is -2.09. The van der Waals surface area contributed by atoms with E-state index in [9.17, 15) is 4.39 Å². The smallest absolute Gasteiger partial charge is 0.125 e. The van der Waals surface area contributed by atoms with Crippen LogP contribution in [0, 0.1) is 5.82 Å². The van der Waals surface area contributed by atoms with E-state index in [-0.39, 0.29) is 5.82 Å². The van der Waals surface area contributed by atoms with Gasteiger partial charge < -0.3 is 9.64 Å². The molecule has 0 unspecified atom stereocenters. The van der Waals surface area contributed by atoms with E-state index in [1.54, 1.807) is 29.2 Å². The summed E-state index contributed by atoms with van der Waals surface area (Å²) in [5, 5.41) is 0.456. The topological polar surface area (TPSA) is 12.5 Å². The lowest BCUT2D eigenvalue weighted by atomic mass is 10.0. The van der Waals surface area contributed by atoms with Gasteiger partial charge in [-0.05, 0) is 56.9 Å². The molecule has 3 aromatic rings. The van der Waals surface area contributed by atoms with Crippen molar-refractivity contribution in [3.8, 4) is 21.6 Å². The second-order valence-corrected chi connectivity index (χ2v) is 9.62. The summed E-state index contributed by atoms with van der Waals surface area (Å²) in [7, 11) is 4.13. The van der Waals surface area contributed by atoms with Gasteiger partial charge in [0.1, 0.15) is 5.82 Å². The fourth-order valence-electron chi connectivity index (χ4n) is 3.29. The molecule has 2 aromatic carbocycles. The molecule has 0 saturated carbocycles. The standard InChI is InChI=1S/C22H21ClFNOS2/c1-25(2)8-5-9-26-13-15-12-17-16-6-3-4-7-20(16)28-22-18(21(17)27-15)10-14(24)11-19(22)23/h3-4,6-7,10-12H,5,8-9,13H2,1-2H3. The number of benzene rings is 2. The number of nitrogens with zero attached hydrogens (tertiary/aromatic N) is 1. The fourth-order valence-corrected chi connectivity index (χ4v) is 5.89. The molecule has 0 atom stereocenters. The van der Waals surface area contributed by atoms with Crippen molar-refractivity contribution in [1.29, 1.82) is 0 Å².